The van der Waals surface area contributed by atoms with Gasteiger partial charge in [0.2, 0.25) is 17.7 Å². The Labute approximate surface area is 158 Å². The molecule has 0 aliphatic heterocycles. The molecule has 0 fully saturated rings. The van der Waals surface area contributed by atoms with Crippen molar-refractivity contribution >= 4 is 47.6 Å². The number of primary amides is 1. The number of hydrogen-bond donors (Lipinski definition) is 4. The van der Waals surface area contributed by atoms with E-state index in [1.165, 1.54) is 11.8 Å². The average Bonchev–Trinajstić information content (AvgIpc) is 2.53. The van der Waals surface area contributed by atoms with E-state index in [1.54, 1.807) is 12.1 Å². The summed E-state index contributed by atoms with van der Waals surface area (Å²) in [6.45, 7) is 3.52. The minimum Gasteiger partial charge on any atom is -0.370 e. The number of carbonyl (C=O) groups is 3. The van der Waals surface area contributed by atoms with Gasteiger partial charge >= 0.3 is 0 Å². The molecular formula is C16H25ClN4O3S. The van der Waals surface area contributed by atoms with Crippen LogP contribution in [0.15, 0.2) is 29.2 Å². The van der Waals surface area contributed by atoms with E-state index < -0.39 is 6.04 Å². The largest absolute Gasteiger partial charge is 0.370 e. The SMILES string of the molecule is CC(C)[C@H](N)C(=O)NCC(=O)Nc1ccccc1SCCC(N)=O.Cl. The van der Waals surface area contributed by atoms with Crippen LogP contribution in [0.1, 0.15) is 20.3 Å². The molecule has 25 heavy (non-hydrogen) atoms. The highest BCUT2D eigenvalue weighted by Crippen LogP contribution is 2.27. The van der Waals surface area contributed by atoms with Crippen LogP contribution in [0.3, 0.4) is 0 Å². The molecule has 0 saturated heterocycles. The van der Waals surface area contributed by atoms with Gasteiger partial charge in [0, 0.05) is 17.1 Å². The van der Waals surface area contributed by atoms with Crippen LogP contribution in [0.25, 0.3) is 0 Å². The fraction of sp³-hybridized carbons (Fsp3) is 0.438. The number of halogens is 1. The van der Waals surface area contributed by atoms with Gasteiger partial charge in [-0.2, -0.15) is 0 Å². The molecule has 7 nitrogen and oxygen atoms in total. The highest BCUT2D eigenvalue weighted by atomic mass is 35.5. The summed E-state index contributed by atoms with van der Waals surface area (Å²) in [7, 11) is 0. The molecule has 0 aliphatic carbocycles. The standard InChI is InChI=1S/C16H24N4O3S.ClH/c1-10(2)15(18)16(23)19-9-14(22)20-11-5-3-4-6-12(11)24-8-7-13(17)21;/h3-6,10,15H,7-9,18H2,1-2H3,(H2,17,21)(H,19,23)(H,20,22);1H/t15-;/m0./s1. The van der Waals surface area contributed by atoms with Gasteiger partial charge in [-0.25, -0.2) is 0 Å². The van der Waals surface area contributed by atoms with Gasteiger partial charge in [0.15, 0.2) is 0 Å². The van der Waals surface area contributed by atoms with Crippen molar-refractivity contribution in [3.8, 4) is 0 Å². The molecule has 0 bridgehead atoms. The van der Waals surface area contributed by atoms with Crippen LogP contribution < -0.4 is 22.1 Å². The second-order valence-electron chi connectivity index (χ2n) is 5.60. The van der Waals surface area contributed by atoms with Crippen LogP contribution in [0, 0.1) is 5.92 Å². The number of carbonyl (C=O) groups excluding carboxylic acids is 3. The van der Waals surface area contributed by atoms with Crippen LogP contribution >= 0.6 is 24.2 Å². The van der Waals surface area contributed by atoms with Gasteiger partial charge in [-0.05, 0) is 18.1 Å². The topological polar surface area (TPSA) is 127 Å². The molecule has 0 radical (unpaired) electrons. The summed E-state index contributed by atoms with van der Waals surface area (Å²) in [6.07, 6.45) is 0.260. The van der Waals surface area contributed by atoms with Crippen molar-refractivity contribution < 1.29 is 14.4 Å². The van der Waals surface area contributed by atoms with Crippen molar-refractivity contribution in [1.82, 2.24) is 5.32 Å². The van der Waals surface area contributed by atoms with Gasteiger partial charge in [0.25, 0.3) is 0 Å². The van der Waals surface area contributed by atoms with Crippen LogP contribution in [0.5, 0.6) is 0 Å². The molecule has 0 heterocycles. The highest BCUT2D eigenvalue weighted by molar-refractivity contribution is 7.99. The van der Waals surface area contributed by atoms with Crippen molar-refractivity contribution in [3.63, 3.8) is 0 Å². The molecule has 1 aromatic rings. The first-order valence-corrected chi connectivity index (χ1v) is 8.63. The maximum atomic E-state index is 12.0. The first-order chi connectivity index (χ1) is 11.3. The zero-order valence-electron chi connectivity index (χ0n) is 14.3. The summed E-state index contributed by atoms with van der Waals surface area (Å²) >= 11 is 1.43. The molecule has 0 unspecified atom stereocenters. The number of nitrogens with one attached hydrogen (secondary N) is 2. The van der Waals surface area contributed by atoms with E-state index in [4.69, 9.17) is 11.5 Å². The number of rotatable bonds is 9. The van der Waals surface area contributed by atoms with Crippen molar-refractivity contribution in [2.24, 2.45) is 17.4 Å². The third-order valence-electron chi connectivity index (χ3n) is 3.21. The van der Waals surface area contributed by atoms with E-state index in [0.717, 1.165) is 4.90 Å². The summed E-state index contributed by atoms with van der Waals surface area (Å²) in [4.78, 5) is 35.4. The van der Waals surface area contributed by atoms with E-state index in [2.05, 4.69) is 10.6 Å². The zero-order valence-corrected chi connectivity index (χ0v) is 15.9. The third-order valence-corrected chi connectivity index (χ3v) is 4.29. The van der Waals surface area contributed by atoms with Crippen molar-refractivity contribution in [2.45, 2.75) is 31.2 Å². The van der Waals surface area contributed by atoms with Crippen LogP contribution in [0.4, 0.5) is 5.69 Å². The Bertz CT molecular complexity index is 598. The minimum absolute atomic E-state index is 0. The van der Waals surface area contributed by atoms with Gasteiger partial charge in [0.1, 0.15) is 0 Å². The van der Waals surface area contributed by atoms with E-state index in [-0.39, 0.29) is 49.0 Å². The van der Waals surface area contributed by atoms with E-state index >= 15 is 0 Å². The van der Waals surface area contributed by atoms with Crippen LogP contribution in [0.2, 0.25) is 0 Å². The van der Waals surface area contributed by atoms with Crippen molar-refractivity contribution in [2.75, 3.05) is 17.6 Å². The summed E-state index contributed by atoms with van der Waals surface area (Å²) in [5.74, 6) is -0.544. The minimum atomic E-state index is -0.644. The molecule has 1 atom stereocenters. The Morgan fingerprint density at radius 3 is 2.44 bits per heavy atom. The summed E-state index contributed by atoms with van der Waals surface area (Å²) in [5.41, 5.74) is 11.5. The normalized spacial score (nSPS) is 11.4. The molecule has 9 heteroatoms. The second-order valence-corrected chi connectivity index (χ2v) is 6.73. The molecule has 1 aromatic carbocycles. The van der Waals surface area contributed by atoms with Crippen molar-refractivity contribution in [1.29, 1.82) is 0 Å². The Morgan fingerprint density at radius 1 is 1.20 bits per heavy atom. The molecule has 3 amide bonds. The number of hydrogen-bond acceptors (Lipinski definition) is 5. The Kier molecular flexibility index (Phi) is 10.9. The van der Waals surface area contributed by atoms with Gasteiger partial charge < -0.3 is 22.1 Å². The van der Waals surface area contributed by atoms with Crippen LogP contribution in [-0.2, 0) is 14.4 Å². The maximum absolute atomic E-state index is 12.0. The van der Waals surface area contributed by atoms with E-state index in [0.29, 0.717) is 11.4 Å². The molecule has 1 rings (SSSR count). The number of para-hydroxylation sites is 1. The average molecular weight is 389 g/mol. The first-order valence-electron chi connectivity index (χ1n) is 7.64. The third kappa shape index (κ3) is 8.76. The number of nitrogens with two attached hydrogens (primary N) is 2. The number of thioether (sulfide) groups is 1. The van der Waals surface area contributed by atoms with Gasteiger partial charge in [-0.3, -0.25) is 14.4 Å². The predicted octanol–water partition coefficient (Wildman–Crippen LogP) is 1.11. The fourth-order valence-electron chi connectivity index (χ4n) is 1.74. The lowest BCUT2D eigenvalue weighted by atomic mass is 10.1. The van der Waals surface area contributed by atoms with Gasteiger partial charge in [-0.15, -0.1) is 24.2 Å². The van der Waals surface area contributed by atoms with Crippen LogP contribution in [-0.4, -0.2) is 36.1 Å². The smallest absolute Gasteiger partial charge is 0.243 e. The molecular weight excluding hydrogens is 364 g/mol. The molecule has 140 valence electrons. The lowest BCUT2D eigenvalue weighted by Gasteiger charge is -2.15. The Hall–Kier alpha value is -1.77. The summed E-state index contributed by atoms with van der Waals surface area (Å²) in [6, 6.07) is 6.59. The lowest BCUT2D eigenvalue weighted by molar-refractivity contribution is -0.125. The van der Waals surface area contributed by atoms with Crippen molar-refractivity contribution in [3.05, 3.63) is 24.3 Å². The number of benzene rings is 1. The molecule has 6 N–H and O–H groups in total. The molecule has 0 aromatic heterocycles. The highest BCUT2D eigenvalue weighted by Gasteiger charge is 2.17. The maximum Gasteiger partial charge on any atom is 0.243 e. The van der Waals surface area contributed by atoms with E-state index in [9.17, 15) is 14.4 Å². The molecule has 0 saturated carbocycles. The predicted molar refractivity (Wildman–Crippen MR) is 103 cm³/mol. The summed E-state index contributed by atoms with van der Waals surface area (Å²) < 4.78 is 0. The quantitative estimate of drug-likeness (QED) is 0.471. The summed E-state index contributed by atoms with van der Waals surface area (Å²) in [5, 5.41) is 5.26. The number of amides is 3. The fourth-order valence-corrected chi connectivity index (χ4v) is 2.71. The van der Waals surface area contributed by atoms with Gasteiger partial charge in [0.05, 0.1) is 18.3 Å². The second kappa shape index (κ2) is 11.7. The monoisotopic (exact) mass is 388 g/mol. The first kappa shape index (κ1) is 23.2. The van der Waals surface area contributed by atoms with E-state index in [1.807, 2.05) is 26.0 Å². The zero-order chi connectivity index (χ0) is 18.1. The Morgan fingerprint density at radius 2 is 1.84 bits per heavy atom. The molecule has 0 aliphatic rings. The Balaban J connectivity index is 0.00000576. The number of anilines is 1. The molecule has 0 spiro atoms. The lowest BCUT2D eigenvalue weighted by Crippen LogP contribution is -2.46. The van der Waals surface area contributed by atoms with Gasteiger partial charge in [-0.1, -0.05) is 26.0 Å².